The molecule has 146 valence electrons. The number of carbonyl (C=O) groups is 1. The monoisotopic (exact) mass is 367 g/mol. The maximum absolute atomic E-state index is 14.0. The fourth-order valence-corrected chi connectivity index (χ4v) is 3.49. The molecule has 7 heteroatoms. The van der Waals surface area contributed by atoms with Crippen molar-refractivity contribution in [2.45, 2.75) is 24.9 Å². The highest BCUT2D eigenvalue weighted by Crippen LogP contribution is 2.29. The van der Waals surface area contributed by atoms with Crippen LogP contribution < -0.4 is 4.74 Å². The standard InChI is InChI=1S/C19H30FN3O3/c1-21(2)11-12-22(3)15-7-9-23(10-8-15)18(19(24)25)14-5-6-17(26-4)16(20)13-14/h5-6,13,15,18H,7-12H2,1-4H3,(H,24,25). The molecular formula is C19H30FN3O3. The molecule has 26 heavy (non-hydrogen) atoms. The van der Waals surface area contributed by atoms with Crippen molar-refractivity contribution in [1.82, 2.24) is 14.7 Å². The Bertz CT molecular complexity index is 604. The Labute approximate surface area is 155 Å². The molecule has 0 bridgehead atoms. The van der Waals surface area contributed by atoms with E-state index < -0.39 is 17.8 Å². The highest BCUT2D eigenvalue weighted by Gasteiger charge is 2.32. The average Bonchev–Trinajstić information content (AvgIpc) is 2.60. The second kappa shape index (κ2) is 9.30. The van der Waals surface area contributed by atoms with Crippen molar-refractivity contribution >= 4 is 5.97 Å². The van der Waals surface area contributed by atoms with Crippen LogP contribution in [0.4, 0.5) is 4.39 Å². The summed E-state index contributed by atoms with van der Waals surface area (Å²) in [4.78, 5) is 18.3. The number of likely N-dealkylation sites (tertiary alicyclic amines) is 1. The Balaban J connectivity index is 2.02. The van der Waals surface area contributed by atoms with Gasteiger partial charge in [0.1, 0.15) is 6.04 Å². The molecule has 1 aromatic carbocycles. The average molecular weight is 367 g/mol. The predicted octanol–water partition coefficient (Wildman–Crippen LogP) is 1.92. The lowest BCUT2D eigenvalue weighted by Gasteiger charge is -2.39. The van der Waals surface area contributed by atoms with Gasteiger partial charge in [0.15, 0.2) is 11.6 Å². The van der Waals surface area contributed by atoms with Crippen LogP contribution >= 0.6 is 0 Å². The van der Waals surface area contributed by atoms with Gasteiger partial charge >= 0.3 is 5.97 Å². The number of likely N-dealkylation sites (N-methyl/N-ethyl adjacent to an activating group) is 2. The number of aliphatic carboxylic acids is 1. The number of piperidine rings is 1. The maximum atomic E-state index is 14.0. The van der Waals surface area contributed by atoms with Crippen LogP contribution in [0.5, 0.6) is 5.75 Å². The molecule has 0 aromatic heterocycles. The molecule has 1 fully saturated rings. The number of benzene rings is 1. The van der Waals surface area contributed by atoms with Crippen molar-refractivity contribution in [2.75, 3.05) is 54.4 Å². The van der Waals surface area contributed by atoms with Crippen LogP contribution in [0.2, 0.25) is 0 Å². The first-order valence-electron chi connectivity index (χ1n) is 8.98. The first-order valence-corrected chi connectivity index (χ1v) is 8.98. The minimum absolute atomic E-state index is 0.124. The lowest BCUT2D eigenvalue weighted by atomic mass is 9.98. The molecule has 0 amide bonds. The third-order valence-corrected chi connectivity index (χ3v) is 5.11. The van der Waals surface area contributed by atoms with E-state index >= 15 is 0 Å². The fraction of sp³-hybridized carbons (Fsp3) is 0.632. The van der Waals surface area contributed by atoms with Crippen molar-refractivity contribution in [3.63, 3.8) is 0 Å². The summed E-state index contributed by atoms with van der Waals surface area (Å²) in [7, 11) is 7.63. The SMILES string of the molecule is COc1ccc(C(C(=O)O)N2CCC(N(C)CCN(C)C)CC2)cc1F. The molecule has 1 heterocycles. The molecule has 0 radical (unpaired) electrons. The van der Waals surface area contributed by atoms with Gasteiger partial charge in [-0.1, -0.05) is 6.07 Å². The quantitative estimate of drug-likeness (QED) is 0.758. The van der Waals surface area contributed by atoms with Crippen LogP contribution in [0, 0.1) is 5.82 Å². The van der Waals surface area contributed by atoms with E-state index in [1.807, 2.05) is 4.90 Å². The maximum Gasteiger partial charge on any atom is 0.325 e. The molecule has 1 aliphatic rings. The van der Waals surface area contributed by atoms with E-state index in [-0.39, 0.29) is 5.75 Å². The number of methoxy groups -OCH3 is 1. The summed E-state index contributed by atoms with van der Waals surface area (Å²) in [5.74, 6) is -1.36. The zero-order valence-electron chi connectivity index (χ0n) is 16.1. The van der Waals surface area contributed by atoms with Gasteiger partial charge in [0.2, 0.25) is 0 Å². The summed E-state index contributed by atoms with van der Waals surface area (Å²) in [5.41, 5.74) is 0.454. The van der Waals surface area contributed by atoms with Crippen LogP contribution in [-0.4, -0.2) is 86.2 Å². The van der Waals surface area contributed by atoms with Gasteiger partial charge in [-0.15, -0.1) is 0 Å². The summed E-state index contributed by atoms with van der Waals surface area (Å²) in [6.07, 6.45) is 1.82. The van der Waals surface area contributed by atoms with Crippen LogP contribution in [0.3, 0.4) is 0 Å². The molecule has 0 spiro atoms. The number of halogens is 1. The van der Waals surface area contributed by atoms with Crippen molar-refractivity contribution in [2.24, 2.45) is 0 Å². The molecule has 1 aliphatic heterocycles. The summed E-state index contributed by atoms with van der Waals surface area (Å²) < 4.78 is 18.9. The van der Waals surface area contributed by atoms with E-state index in [1.165, 1.54) is 19.2 Å². The topological polar surface area (TPSA) is 56.3 Å². The van der Waals surface area contributed by atoms with Crippen molar-refractivity contribution in [3.8, 4) is 5.75 Å². The van der Waals surface area contributed by atoms with Crippen molar-refractivity contribution in [1.29, 1.82) is 0 Å². The van der Waals surface area contributed by atoms with Gasteiger partial charge in [-0.2, -0.15) is 0 Å². The minimum Gasteiger partial charge on any atom is -0.494 e. The van der Waals surface area contributed by atoms with E-state index in [0.717, 1.165) is 25.9 Å². The van der Waals surface area contributed by atoms with Gasteiger partial charge in [0.05, 0.1) is 7.11 Å². The van der Waals surface area contributed by atoms with Gasteiger partial charge in [0, 0.05) is 32.2 Å². The van der Waals surface area contributed by atoms with Crippen LogP contribution in [-0.2, 0) is 4.79 Å². The lowest BCUT2D eigenvalue weighted by molar-refractivity contribution is -0.144. The highest BCUT2D eigenvalue weighted by atomic mass is 19.1. The van der Waals surface area contributed by atoms with Gasteiger partial charge in [-0.3, -0.25) is 9.69 Å². The Morgan fingerprint density at radius 3 is 2.46 bits per heavy atom. The highest BCUT2D eigenvalue weighted by molar-refractivity contribution is 5.75. The molecule has 6 nitrogen and oxygen atoms in total. The molecule has 0 saturated carbocycles. The van der Waals surface area contributed by atoms with Crippen LogP contribution in [0.1, 0.15) is 24.4 Å². The van der Waals surface area contributed by atoms with Crippen molar-refractivity contribution < 1.29 is 19.0 Å². The second-order valence-corrected chi connectivity index (χ2v) is 7.19. The smallest absolute Gasteiger partial charge is 0.325 e. The molecule has 1 unspecified atom stereocenters. The molecule has 1 aromatic rings. The predicted molar refractivity (Wildman–Crippen MR) is 99.1 cm³/mol. The summed E-state index contributed by atoms with van der Waals surface area (Å²) in [6.45, 7) is 3.35. The molecular weight excluding hydrogens is 337 g/mol. The van der Waals surface area contributed by atoms with E-state index in [0.29, 0.717) is 24.7 Å². The Morgan fingerprint density at radius 2 is 1.96 bits per heavy atom. The largest absolute Gasteiger partial charge is 0.494 e. The molecule has 1 N–H and O–H groups in total. The first kappa shape index (κ1) is 20.6. The summed E-state index contributed by atoms with van der Waals surface area (Å²) >= 11 is 0. The van der Waals surface area contributed by atoms with E-state index in [1.54, 1.807) is 6.07 Å². The number of ether oxygens (including phenoxy) is 1. The minimum atomic E-state index is -0.950. The number of rotatable bonds is 8. The number of carboxylic acid groups (broad SMARTS) is 1. The molecule has 1 saturated heterocycles. The first-order chi connectivity index (χ1) is 12.3. The number of carboxylic acids is 1. The van der Waals surface area contributed by atoms with Crippen LogP contribution in [0.25, 0.3) is 0 Å². The van der Waals surface area contributed by atoms with Gasteiger partial charge in [-0.25, -0.2) is 4.39 Å². The summed E-state index contributed by atoms with van der Waals surface area (Å²) in [5, 5.41) is 9.71. The summed E-state index contributed by atoms with van der Waals surface area (Å²) in [6, 6.07) is 4.02. The molecule has 1 atom stereocenters. The zero-order valence-corrected chi connectivity index (χ0v) is 16.1. The number of hydrogen-bond donors (Lipinski definition) is 1. The Morgan fingerprint density at radius 1 is 1.31 bits per heavy atom. The molecule has 2 rings (SSSR count). The van der Waals surface area contributed by atoms with Gasteiger partial charge in [0.25, 0.3) is 0 Å². The number of nitrogens with zero attached hydrogens (tertiary/aromatic N) is 3. The van der Waals surface area contributed by atoms with E-state index in [4.69, 9.17) is 4.74 Å². The van der Waals surface area contributed by atoms with Crippen LogP contribution in [0.15, 0.2) is 18.2 Å². The van der Waals surface area contributed by atoms with E-state index in [2.05, 4.69) is 30.9 Å². The van der Waals surface area contributed by atoms with E-state index in [9.17, 15) is 14.3 Å². The third-order valence-electron chi connectivity index (χ3n) is 5.11. The second-order valence-electron chi connectivity index (χ2n) is 7.19. The Kier molecular flexibility index (Phi) is 7.37. The van der Waals surface area contributed by atoms with Gasteiger partial charge in [-0.05, 0) is 51.7 Å². The molecule has 0 aliphatic carbocycles. The lowest BCUT2D eigenvalue weighted by Crippen LogP contribution is -2.47. The number of hydrogen-bond acceptors (Lipinski definition) is 5. The fourth-order valence-electron chi connectivity index (χ4n) is 3.49. The normalized spacial score (nSPS) is 17.7. The van der Waals surface area contributed by atoms with Crippen molar-refractivity contribution in [3.05, 3.63) is 29.6 Å². The third kappa shape index (κ3) is 5.16. The van der Waals surface area contributed by atoms with Gasteiger partial charge < -0.3 is 19.6 Å². The Hall–Kier alpha value is -1.70. The zero-order chi connectivity index (χ0) is 19.3.